The molecule has 4 rings (SSSR count). The molecular formula is C16H19N7O2S. The van der Waals surface area contributed by atoms with Gasteiger partial charge in [-0.3, -0.25) is 0 Å². The molecule has 9 nitrogen and oxygen atoms in total. The van der Waals surface area contributed by atoms with Gasteiger partial charge in [0.05, 0.1) is 5.75 Å². The highest BCUT2D eigenvalue weighted by Gasteiger charge is 2.28. The third-order valence-corrected chi connectivity index (χ3v) is 6.34. The molecule has 3 aromatic rings. The van der Waals surface area contributed by atoms with E-state index < -0.39 is 10.0 Å². The predicted molar refractivity (Wildman–Crippen MR) is 97.0 cm³/mol. The summed E-state index contributed by atoms with van der Waals surface area (Å²) in [5.41, 5.74) is 2.09. The summed E-state index contributed by atoms with van der Waals surface area (Å²) in [6.07, 6.45) is 1.49. The first-order chi connectivity index (χ1) is 12.5. The van der Waals surface area contributed by atoms with Crippen molar-refractivity contribution in [3.63, 3.8) is 0 Å². The van der Waals surface area contributed by atoms with Gasteiger partial charge in [0.1, 0.15) is 6.33 Å². The van der Waals surface area contributed by atoms with Crippen LogP contribution in [0.3, 0.4) is 0 Å². The zero-order valence-corrected chi connectivity index (χ0v) is 15.2. The zero-order chi connectivity index (χ0) is 18.1. The Morgan fingerprint density at radius 2 is 1.77 bits per heavy atom. The van der Waals surface area contributed by atoms with E-state index in [1.54, 1.807) is 16.0 Å². The van der Waals surface area contributed by atoms with Gasteiger partial charge in [0, 0.05) is 33.2 Å². The quantitative estimate of drug-likeness (QED) is 0.653. The lowest BCUT2D eigenvalue weighted by molar-refractivity contribution is 0.383. The normalized spacial score (nSPS) is 16.3. The van der Waals surface area contributed by atoms with Gasteiger partial charge in [-0.2, -0.15) is 4.31 Å². The number of nitrogens with zero attached hydrogens (tertiary/aromatic N) is 7. The number of piperazine rings is 1. The van der Waals surface area contributed by atoms with Crippen molar-refractivity contribution in [3.05, 3.63) is 42.2 Å². The van der Waals surface area contributed by atoms with Crippen molar-refractivity contribution < 1.29 is 8.42 Å². The van der Waals surface area contributed by atoms with Gasteiger partial charge in [-0.1, -0.05) is 35.5 Å². The number of hydrogen-bond acceptors (Lipinski definition) is 7. The molecule has 26 heavy (non-hydrogen) atoms. The standard InChI is InChI=1S/C16H19N7O2S/c1-21-15-14(19-20-21)16(18-12-17-15)22-7-9-23(10-8-22)26(24,25)11-13-5-3-2-4-6-13/h2-6,12H,7-11H2,1H3. The molecule has 0 radical (unpaired) electrons. The van der Waals surface area contributed by atoms with Crippen LogP contribution >= 0.6 is 0 Å². The Bertz CT molecular complexity index is 1010. The smallest absolute Gasteiger partial charge is 0.218 e. The molecule has 1 aliphatic heterocycles. The Hall–Kier alpha value is -2.59. The van der Waals surface area contributed by atoms with Crippen LogP contribution in [0.2, 0.25) is 0 Å². The summed E-state index contributed by atoms with van der Waals surface area (Å²) in [4.78, 5) is 10.6. The second-order valence-corrected chi connectivity index (χ2v) is 8.18. The molecule has 136 valence electrons. The Balaban J connectivity index is 1.48. The lowest BCUT2D eigenvalue weighted by Gasteiger charge is -2.34. The summed E-state index contributed by atoms with van der Waals surface area (Å²) in [5.74, 6) is 0.721. The summed E-state index contributed by atoms with van der Waals surface area (Å²) in [6.45, 7) is 1.94. The molecule has 1 fully saturated rings. The summed E-state index contributed by atoms with van der Waals surface area (Å²) in [6, 6.07) is 9.25. The fourth-order valence-corrected chi connectivity index (χ4v) is 4.64. The van der Waals surface area contributed by atoms with E-state index in [-0.39, 0.29) is 5.75 Å². The minimum absolute atomic E-state index is 0.0236. The van der Waals surface area contributed by atoms with Crippen LogP contribution in [0, 0.1) is 0 Å². The molecule has 10 heteroatoms. The topological polar surface area (TPSA) is 97.1 Å². The van der Waals surface area contributed by atoms with Crippen molar-refractivity contribution in [3.8, 4) is 0 Å². The number of rotatable bonds is 4. The summed E-state index contributed by atoms with van der Waals surface area (Å²) < 4.78 is 28.5. The molecule has 0 N–H and O–H groups in total. The van der Waals surface area contributed by atoms with Crippen LogP contribution in [0.4, 0.5) is 5.82 Å². The Labute approximate surface area is 151 Å². The monoisotopic (exact) mass is 373 g/mol. The Morgan fingerprint density at radius 3 is 2.50 bits per heavy atom. The van der Waals surface area contributed by atoms with Gasteiger partial charge < -0.3 is 4.90 Å². The molecule has 2 aromatic heterocycles. The summed E-state index contributed by atoms with van der Waals surface area (Å²) in [7, 11) is -1.56. The molecule has 0 spiro atoms. The van der Waals surface area contributed by atoms with Gasteiger partial charge in [0.2, 0.25) is 10.0 Å². The predicted octanol–water partition coefficient (Wildman–Crippen LogP) is 0.410. The van der Waals surface area contributed by atoms with Gasteiger partial charge >= 0.3 is 0 Å². The highest BCUT2D eigenvalue weighted by Crippen LogP contribution is 2.22. The van der Waals surface area contributed by atoms with Crippen molar-refractivity contribution in [2.45, 2.75) is 5.75 Å². The van der Waals surface area contributed by atoms with Gasteiger partial charge in [0.25, 0.3) is 0 Å². The highest BCUT2D eigenvalue weighted by atomic mass is 32.2. The maximum absolute atomic E-state index is 12.7. The van der Waals surface area contributed by atoms with E-state index in [1.165, 1.54) is 6.33 Å². The molecule has 1 saturated heterocycles. The molecule has 1 aliphatic rings. The number of sulfonamides is 1. The highest BCUT2D eigenvalue weighted by molar-refractivity contribution is 7.88. The SMILES string of the molecule is Cn1nnc2c(N3CCN(S(=O)(=O)Cc4ccccc4)CC3)ncnc21. The average molecular weight is 373 g/mol. The molecule has 0 aliphatic carbocycles. The van der Waals surface area contributed by atoms with E-state index in [2.05, 4.69) is 20.3 Å². The summed E-state index contributed by atoms with van der Waals surface area (Å²) >= 11 is 0. The van der Waals surface area contributed by atoms with E-state index in [0.29, 0.717) is 43.2 Å². The van der Waals surface area contributed by atoms with E-state index in [9.17, 15) is 8.42 Å². The Kier molecular flexibility index (Phi) is 4.29. The first-order valence-corrected chi connectivity index (χ1v) is 9.92. The van der Waals surface area contributed by atoms with E-state index in [1.807, 2.05) is 35.2 Å². The van der Waals surface area contributed by atoms with Crippen LogP contribution in [0.5, 0.6) is 0 Å². The van der Waals surface area contributed by atoms with E-state index in [0.717, 1.165) is 5.56 Å². The molecule has 1 aromatic carbocycles. The second-order valence-electron chi connectivity index (χ2n) is 6.21. The first-order valence-electron chi connectivity index (χ1n) is 8.32. The van der Waals surface area contributed by atoms with Crippen LogP contribution in [-0.4, -0.2) is 63.9 Å². The van der Waals surface area contributed by atoms with Crippen molar-refractivity contribution in [2.24, 2.45) is 7.05 Å². The maximum Gasteiger partial charge on any atom is 0.218 e. The molecule has 0 bridgehead atoms. The van der Waals surface area contributed by atoms with Crippen molar-refractivity contribution in [1.29, 1.82) is 0 Å². The number of benzene rings is 1. The molecular weight excluding hydrogens is 354 g/mol. The lowest BCUT2D eigenvalue weighted by Crippen LogP contribution is -2.49. The minimum Gasteiger partial charge on any atom is -0.352 e. The van der Waals surface area contributed by atoms with Gasteiger partial charge in [0.15, 0.2) is 17.0 Å². The van der Waals surface area contributed by atoms with E-state index in [4.69, 9.17) is 0 Å². The average Bonchev–Trinajstić information content (AvgIpc) is 3.04. The van der Waals surface area contributed by atoms with Crippen molar-refractivity contribution in [1.82, 2.24) is 29.3 Å². The van der Waals surface area contributed by atoms with Crippen LogP contribution in [0.1, 0.15) is 5.56 Å². The third-order valence-electron chi connectivity index (χ3n) is 4.49. The van der Waals surface area contributed by atoms with Gasteiger partial charge in [-0.25, -0.2) is 23.1 Å². The molecule has 0 amide bonds. The second kappa shape index (κ2) is 6.61. The van der Waals surface area contributed by atoms with Crippen LogP contribution in [-0.2, 0) is 22.8 Å². The fourth-order valence-electron chi connectivity index (χ4n) is 3.13. The van der Waals surface area contributed by atoms with Crippen LogP contribution in [0.15, 0.2) is 36.7 Å². The molecule has 0 atom stereocenters. The molecule has 0 saturated carbocycles. The zero-order valence-electron chi connectivity index (χ0n) is 14.4. The number of aryl methyl sites for hydroxylation is 1. The maximum atomic E-state index is 12.7. The van der Waals surface area contributed by atoms with Crippen LogP contribution < -0.4 is 4.90 Å². The molecule has 0 unspecified atom stereocenters. The van der Waals surface area contributed by atoms with Crippen molar-refractivity contribution in [2.75, 3.05) is 31.1 Å². The fraction of sp³-hybridized carbons (Fsp3) is 0.375. The first kappa shape index (κ1) is 16.9. The number of fused-ring (bicyclic) bond motifs is 1. The minimum atomic E-state index is -3.34. The van der Waals surface area contributed by atoms with Gasteiger partial charge in [-0.05, 0) is 5.56 Å². The number of hydrogen-bond donors (Lipinski definition) is 0. The van der Waals surface area contributed by atoms with Gasteiger partial charge in [-0.15, -0.1) is 5.10 Å². The van der Waals surface area contributed by atoms with Crippen LogP contribution in [0.25, 0.3) is 11.2 Å². The number of aromatic nitrogens is 5. The van der Waals surface area contributed by atoms with Crippen molar-refractivity contribution >= 4 is 27.0 Å². The van der Waals surface area contributed by atoms with E-state index >= 15 is 0 Å². The third kappa shape index (κ3) is 3.13. The molecule has 3 heterocycles. The Morgan fingerprint density at radius 1 is 1.04 bits per heavy atom. The largest absolute Gasteiger partial charge is 0.352 e. The number of anilines is 1. The lowest BCUT2D eigenvalue weighted by atomic mass is 10.2. The summed E-state index contributed by atoms with van der Waals surface area (Å²) in [5, 5.41) is 8.11.